The van der Waals surface area contributed by atoms with E-state index in [4.69, 9.17) is 10.8 Å². The molecule has 0 radical (unpaired) electrons. The first-order valence-corrected chi connectivity index (χ1v) is 5.93. The van der Waals surface area contributed by atoms with Crippen molar-refractivity contribution in [2.24, 2.45) is 5.92 Å². The van der Waals surface area contributed by atoms with Gasteiger partial charge in [-0.2, -0.15) is 0 Å². The normalized spacial score (nSPS) is 18.9. The molecular weight excluding hydrogens is 232 g/mol. The molecule has 5 heteroatoms. The van der Waals surface area contributed by atoms with Crippen molar-refractivity contribution in [1.29, 1.82) is 0 Å². The highest BCUT2D eigenvalue weighted by Crippen LogP contribution is 2.21. The molecule has 0 aromatic heterocycles. The molecule has 0 spiro atoms. The minimum absolute atomic E-state index is 0.0529. The third-order valence-corrected chi connectivity index (χ3v) is 3.19. The summed E-state index contributed by atoms with van der Waals surface area (Å²) in [6.07, 6.45) is 0.887. The van der Waals surface area contributed by atoms with Crippen molar-refractivity contribution in [2.75, 3.05) is 18.8 Å². The van der Waals surface area contributed by atoms with Gasteiger partial charge in [-0.25, -0.2) is 0 Å². The summed E-state index contributed by atoms with van der Waals surface area (Å²) >= 11 is 0. The lowest BCUT2D eigenvalue weighted by Gasteiger charge is -2.16. The Labute approximate surface area is 105 Å². The Bertz CT molecular complexity index is 456. The van der Waals surface area contributed by atoms with Gasteiger partial charge in [0.2, 0.25) is 0 Å². The predicted molar refractivity (Wildman–Crippen MR) is 67.1 cm³/mol. The molecule has 0 bridgehead atoms. The predicted octanol–water partition coefficient (Wildman–Crippen LogP) is 1.21. The van der Waals surface area contributed by atoms with E-state index < -0.39 is 5.97 Å². The molecule has 1 fully saturated rings. The molecule has 1 aromatic rings. The van der Waals surface area contributed by atoms with Gasteiger partial charge < -0.3 is 15.7 Å². The van der Waals surface area contributed by atoms with E-state index in [0.29, 0.717) is 24.3 Å². The summed E-state index contributed by atoms with van der Waals surface area (Å²) < 4.78 is 0. The first-order valence-electron chi connectivity index (χ1n) is 5.93. The molecule has 0 saturated carbocycles. The zero-order chi connectivity index (χ0) is 13.1. The average Bonchev–Trinajstić information content (AvgIpc) is 2.76. The fourth-order valence-corrected chi connectivity index (χ4v) is 2.24. The average molecular weight is 248 g/mol. The summed E-state index contributed by atoms with van der Waals surface area (Å²) in [6, 6.07) is 6.78. The fourth-order valence-electron chi connectivity index (χ4n) is 2.24. The molecule has 5 nitrogen and oxygen atoms in total. The van der Waals surface area contributed by atoms with E-state index in [0.717, 1.165) is 6.42 Å². The zero-order valence-electron chi connectivity index (χ0n) is 10.0. The van der Waals surface area contributed by atoms with Crippen molar-refractivity contribution in [3.63, 3.8) is 0 Å². The number of rotatable bonds is 3. The number of anilines is 1. The number of carboxylic acids is 1. The lowest BCUT2D eigenvalue weighted by Crippen LogP contribution is -2.28. The summed E-state index contributed by atoms with van der Waals surface area (Å²) in [4.78, 5) is 24.5. The van der Waals surface area contributed by atoms with Crippen molar-refractivity contribution in [2.45, 2.75) is 12.8 Å². The number of amides is 1. The molecule has 1 amide bonds. The SMILES string of the molecule is Nc1ccc(C(=O)N2CCC(CC(=O)O)C2)cc1. The number of carbonyl (C=O) groups excluding carboxylic acids is 1. The van der Waals surface area contributed by atoms with Crippen LogP contribution in [0, 0.1) is 5.92 Å². The van der Waals surface area contributed by atoms with Crippen LogP contribution >= 0.6 is 0 Å². The fraction of sp³-hybridized carbons (Fsp3) is 0.385. The number of hydrogen-bond acceptors (Lipinski definition) is 3. The quantitative estimate of drug-likeness (QED) is 0.787. The second kappa shape index (κ2) is 5.08. The van der Waals surface area contributed by atoms with Crippen LogP contribution in [0.1, 0.15) is 23.2 Å². The molecule has 18 heavy (non-hydrogen) atoms. The second-order valence-electron chi connectivity index (χ2n) is 4.63. The number of nitrogens with two attached hydrogens (primary N) is 1. The van der Waals surface area contributed by atoms with E-state index in [-0.39, 0.29) is 18.2 Å². The third-order valence-electron chi connectivity index (χ3n) is 3.19. The van der Waals surface area contributed by atoms with E-state index in [1.54, 1.807) is 29.2 Å². The molecule has 1 atom stereocenters. The van der Waals surface area contributed by atoms with Crippen molar-refractivity contribution in [1.82, 2.24) is 4.90 Å². The van der Waals surface area contributed by atoms with Crippen LogP contribution in [0.25, 0.3) is 0 Å². The number of nitrogen functional groups attached to an aromatic ring is 1. The molecular formula is C13H16N2O3. The van der Waals surface area contributed by atoms with Crippen LogP contribution in [0.4, 0.5) is 5.69 Å². The van der Waals surface area contributed by atoms with Crippen molar-refractivity contribution < 1.29 is 14.7 Å². The highest BCUT2D eigenvalue weighted by atomic mass is 16.4. The van der Waals surface area contributed by atoms with E-state index >= 15 is 0 Å². The van der Waals surface area contributed by atoms with Crippen molar-refractivity contribution in [3.05, 3.63) is 29.8 Å². The van der Waals surface area contributed by atoms with Gasteiger partial charge in [0.05, 0.1) is 0 Å². The Morgan fingerprint density at radius 3 is 2.61 bits per heavy atom. The Balaban J connectivity index is 1.99. The Morgan fingerprint density at radius 2 is 2.00 bits per heavy atom. The van der Waals surface area contributed by atoms with E-state index in [1.807, 2.05) is 0 Å². The molecule has 96 valence electrons. The van der Waals surface area contributed by atoms with Gasteiger partial charge in [-0.1, -0.05) is 0 Å². The molecule has 1 aromatic carbocycles. The Morgan fingerprint density at radius 1 is 1.33 bits per heavy atom. The Kier molecular flexibility index (Phi) is 3.50. The molecule has 0 aliphatic carbocycles. The first kappa shape index (κ1) is 12.4. The first-order chi connectivity index (χ1) is 8.56. The van der Waals surface area contributed by atoms with Crippen LogP contribution in [-0.4, -0.2) is 35.0 Å². The highest BCUT2D eigenvalue weighted by molar-refractivity contribution is 5.94. The molecule has 1 unspecified atom stereocenters. The van der Waals surface area contributed by atoms with Crippen LogP contribution < -0.4 is 5.73 Å². The van der Waals surface area contributed by atoms with Crippen LogP contribution in [0.3, 0.4) is 0 Å². The van der Waals surface area contributed by atoms with Gasteiger partial charge in [0.25, 0.3) is 5.91 Å². The smallest absolute Gasteiger partial charge is 0.303 e. The molecule has 1 heterocycles. The van der Waals surface area contributed by atoms with Gasteiger partial charge in [0.15, 0.2) is 0 Å². The van der Waals surface area contributed by atoms with Crippen LogP contribution in [-0.2, 0) is 4.79 Å². The number of benzene rings is 1. The van der Waals surface area contributed by atoms with Gasteiger partial charge in [0, 0.05) is 30.8 Å². The van der Waals surface area contributed by atoms with Gasteiger partial charge in [-0.15, -0.1) is 0 Å². The molecule has 3 N–H and O–H groups in total. The number of aliphatic carboxylic acids is 1. The zero-order valence-corrected chi connectivity index (χ0v) is 10.0. The maximum atomic E-state index is 12.1. The highest BCUT2D eigenvalue weighted by Gasteiger charge is 2.28. The van der Waals surface area contributed by atoms with Gasteiger partial charge in [-0.3, -0.25) is 9.59 Å². The second-order valence-corrected chi connectivity index (χ2v) is 4.63. The van der Waals surface area contributed by atoms with Crippen molar-refractivity contribution in [3.8, 4) is 0 Å². The largest absolute Gasteiger partial charge is 0.481 e. The number of carbonyl (C=O) groups is 2. The summed E-state index contributed by atoms with van der Waals surface area (Å²) in [6.45, 7) is 1.15. The monoisotopic (exact) mass is 248 g/mol. The van der Waals surface area contributed by atoms with Crippen LogP contribution in [0.2, 0.25) is 0 Å². The van der Waals surface area contributed by atoms with Gasteiger partial charge in [-0.05, 0) is 36.6 Å². The summed E-state index contributed by atoms with van der Waals surface area (Å²) in [5.41, 5.74) is 6.79. The summed E-state index contributed by atoms with van der Waals surface area (Å²) in [7, 11) is 0. The molecule has 1 aliphatic rings. The maximum Gasteiger partial charge on any atom is 0.303 e. The summed E-state index contributed by atoms with van der Waals surface area (Å²) in [5, 5.41) is 8.73. The third kappa shape index (κ3) is 2.80. The lowest BCUT2D eigenvalue weighted by atomic mass is 10.1. The lowest BCUT2D eigenvalue weighted by molar-refractivity contribution is -0.138. The van der Waals surface area contributed by atoms with E-state index in [2.05, 4.69) is 0 Å². The van der Waals surface area contributed by atoms with Crippen LogP contribution in [0.5, 0.6) is 0 Å². The maximum absolute atomic E-state index is 12.1. The van der Waals surface area contributed by atoms with Gasteiger partial charge >= 0.3 is 5.97 Å². The van der Waals surface area contributed by atoms with Crippen molar-refractivity contribution >= 4 is 17.6 Å². The van der Waals surface area contributed by atoms with Gasteiger partial charge in [0.1, 0.15) is 0 Å². The molecule has 2 rings (SSSR count). The number of hydrogen-bond donors (Lipinski definition) is 2. The molecule has 1 saturated heterocycles. The minimum atomic E-state index is -0.804. The van der Waals surface area contributed by atoms with E-state index in [9.17, 15) is 9.59 Å². The number of carboxylic acid groups (broad SMARTS) is 1. The number of nitrogens with zero attached hydrogens (tertiary/aromatic N) is 1. The number of likely N-dealkylation sites (tertiary alicyclic amines) is 1. The standard InChI is InChI=1S/C13H16N2O3/c14-11-3-1-10(2-4-11)13(18)15-6-5-9(8-15)7-12(16)17/h1-4,9H,5-8,14H2,(H,16,17). The molecule has 1 aliphatic heterocycles. The van der Waals surface area contributed by atoms with E-state index in [1.165, 1.54) is 0 Å². The van der Waals surface area contributed by atoms with Crippen LogP contribution in [0.15, 0.2) is 24.3 Å². The summed E-state index contributed by atoms with van der Waals surface area (Å²) in [5.74, 6) is -0.787. The topological polar surface area (TPSA) is 83.6 Å². The Hall–Kier alpha value is -2.04. The minimum Gasteiger partial charge on any atom is -0.481 e.